The van der Waals surface area contributed by atoms with Crippen molar-refractivity contribution in [1.82, 2.24) is 35.0 Å². The van der Waals surface area contributed by atoms with Crippen molar-refractivity contribution in [2.45, 2.75) is 13.5 Å². The van der Waals surface area contributed by atoms with Crippen LogP contribution < -0.4 is 0 Å². The molecule has 4 aromatic rings. The third-order valence-electron chi connectivity index (χ3n) is 4.31. The van der Waals surface area contributed by atoms with Crippen LogP contribution in [0, 0.1) is 6.92 Å². The van der Waals surface area contributed by atoms with Crippen LogP contribution in [0.4, 0.5) is 0 Å². The number of aromatic nitrogens is 6. The van der Waals surface area contributed by atoms with E-state index in [0.29, 0.717) is 23.2 Å². The van der Waals surface area contributed by atoms with Gasteiger partial charge in [-0.1, -0.05) is 16.4 Å². The Morgan fingerprint density at radius 1 is 1.25 bits per heavy atom. The Kier molecular flexibility index (Phi) is 4.44. The molecular formula is C18H17N7O3. The van der Waals surface area contributed by atoms with Crippen molar-refractivity contribution in [3.8, 4) is 22.8 Å². The highest BCUT2D eigenvalue weighted by Gasteiger charge is 2.21. The summed E-state index contributed by atoms with van der Waals surface area (Å²) >= 11 is 0. The molecule has 10 heteroatoms. The summed E-state index contributed by atoms with van der Waals surface area (Å²) in [5, 5.41) is 11.9. The van der Waals surface area contributed by atoms with E-state index in [1.807, 2.05) is 20.0 Å². The lowest BCUT2D eigenvalue weighted by molar-refractivity contribution is 0.0759. The second-order valence-corrected chi connectivity index (χ2v) is 6.23. The molecule has 4 heterocycles. The van der Waals surface area contributed by atoms with Gasteiger partial charge in [0.1, 0.15) is 12.2 Å². The molecule has 0 saturated heterocycles. The van der Waals surface area contributed by atoms with Crippen molar-refractivity contribution in [2.75, 3.05) is 7.05 Å². The number of hydrogen-bond acceptors (Lipinski definition) is 8. The molecule has 0 atom stereocenters. The summed E-state index contributed by atoms with van der Waals surface area (Å²) in [4.78, 5) is 22.5. The Balaban J connectivity index is 1.47. The first kappa shape index (κ1) is 17.6. The van der Waals surface area contributed by atoms with Gasteiger partial charge < -0.3 is 13.9 Å². The Morgan fingerprint density at radius 3 is 2.82 bits per heavy atom. The van der Waals surface area contributed by atoms with Gasteiger partial charge in [0.25, 0.3) is 5.91 Å². The number of aryl methyl sites for hydroxylation is 1. The highest BCUT2D eigenvalue weighted by Crippen LogP contribution is 2.24. The number of hydrogen-bond donors (Lipinski definition) is 0. The molecule has 1 amide bonds. The van der Waals surface area contributed by atoms with Crippen molar-refractivity contribution in [1.29, 1.82) is 0 Å². The van der Waals surface area contributed by atoms with E-state index in [1.165, 1.54) is 4.90 Å². The summed E-state index contributed by atoms with van der Waals surface area (Å²) in [7, 11) is 3.45. The maximum absolute atomic E-state index is 12.6. The Labute approximate surface area is 159 Å². The molecule has 0 N–H and O–H groups in total. The SMILES string of the molecule is Cc1c(-c2cc(C(=O)N(C)Cc3nc(-c4ccccn4)no3)no2)cnn1C. The number of amides is 1. The van der Waals surface area contributed by atoms with Gasteiger partial charge in [0.05, 0.1) is 11.8 Å². The predicted molar refractivity (Wildman–Crippen MR) is 96.8 cm³/mol. The molecule has 4 aromatic heterocycles. The summed E-state index contributed by atoms with van der Waals surface area (Å²) in [6.07, 6.45) is 3.32. The number of rotatable bonds is 5. The van der Waals surface area contributed by atoms with E-state index in [2.05, 4.69) is 25.4 Å². The van der Waals surface area contributed by atoms with Gasteiger partial charge in [-0.2, -0.15) is 10.1 Å². The van der Waals surface area contributed by atoms with E-state index in [4.69, 9.17) is 9.05 Å². The van der Waals surface area contributed by atoms with E-state index < -0.39 is 0 Å². The lowest BCUT2D eigenvalue weighted by atomic mass is 10.2. The van der Waals surface area contributed by atoms with Crippen molar-refractivity contribution in [3.63, 3.8) is 0 Å². The average Bonchev–Trinajstić information content (AvgIpc) is 3.44. The molecule has 0 aromatic carbocycles. The lowest BCUT2D eigenvalue weighted by Crippen LogP contribution is -2.26. The molecule has 0 saturated carbocycles. The molecule has 0 aliphatic carbocycles. The first-order valence-electron chi connectivity index (χ1n) is 8.48. The highest BCUT2D eigenvalue weighted by atomic mass is 16.5. The quantitative estimate of drug-likeness (QED) is 0.517. The van der Waals surface area contributed by atoms with Gasteiger partial charge in [0.2, 0.25) is 11.7 Å². The van der Waals surface area contributed by atoms with Crippen LogP contribution in [0.5, 0.6) is 0 Å². The van der Waals surface area contributed by atoms with Crippen LogP contribution in [-0.4, -0.2) is 47.9 Å². The van der Waals surface area contributed by atoms with Gasteiger partial charge in [-0.05, 0) is 19.1 Å². The summed E-state index contributed by atoms with van der Waals surface area (Å²) in [5.74, 6) is 0.822. The monoisotopic (exact) mass is 379 g/mol. The maximum Gasteiger partial charge on any atom is 0.276 e. The van der Waals surface area contributed by atoms with Crippen LogP contribution in [0.15, 0.2) is 45.7 Å². The minimum absolute atomic E-state index is 0.132. The zero-order valence-corrected chi connectivity index (χ0v) is 15.5. The zero-order chi connectivity index (χ0) is 19.7. The van der Waals surface area contributed by atoms with Crippen molar-refractivity contribution in [3.05, 3.63) is 53.9 Å². The van der Waals surface area contributed by atoms with Crippen LogP contribution in [0.3, 0.4) is 0 Å². The fourth-order valence-electron chi connectivity index (χ4n) is 2.63. The smallest absolute Gasteiger partial charge is 0.276 e. The minimum atomic E-state index is -0.325. The third-order valence-corrected chi connectivity index (χ3v) is 4.31. The Morgan fingerprint density at radius 2 is 2.11 bits per heavy atom. The van der Waals surface area contributed by atoms with Gasteiger partial charge in [-0.25, -0.2) is 0 Å². The van der Waals surface area contributed by atoms with Crippen LogP contribution in [0.2, 0.25) is 0 Å². The molecule has 0 spiro atoms. The predicted octanol–water partition coefficient (Wildman–Crippen LogP) is 2.10. The summed E-state index contributed by atoms with van der Waals surface area (Å²) in [6.45, 7) is 2.04. The molecular weight excluding hydrogens is 362 g/mol. The molecule has 0 unspecified atom stereocenters. The second-order valence-electron chi connectivity index (χ2n) is 6.23. The molecule has 0 fully saturated rings. The number of carbonyl (C=O) groups excluding carboxylic acids is 1. The number of carbonyl (C=O) groups is 1. The van der Waals surface area contributed by atoms with E-state index in [1.54, 1.807) is 42.3 Å². The fourth-order valence-corrected chi connectivity index (χ4v) is 2.63. The molecule has 0 aliphatic rings. The van der Waals surface area contributed by atoms with Gasteiger partial charge in [0.15, 0.2) is 11.5 Å². The van der Waals surface area contributed by atoms with Crippen molar-refractivity contribution >= 4 is 5.91 Å². The standard InChI is InChI=1S/C18H17N7O3/c1-11-12(9-20-25(11)3)15-8-14(22-27-15)18(26)24(2)10-16-21-17(23-28-16)13-6-4-5-7-19-13/h4-9H,10H2,1-3H3. The molecule has 10 nitrogen and oxygen atoms in total. The van der Waals surface area contributed by atoms with E-state index >= 15 is 0 Å². The molecule has 28 heavy (non-hydrogen) atoms. The largest absolute Gasteiger partial charge is 0.355 e. The second kappa shape index (κ2) is 7.06. The van der Waals surface area contributed by atoms with Crippen LogP contribution in [0.1, 0.15) is 22.1 Å². The van der Waals surface area contributed by atoms with Crippen molar-refractivity contribution in [2.24, 2.45) is 7.05 Å². The first-order chi connectivity index (χ1) is 13.5. The summed E-state index contributed by atoms with van der Waals surface area (Å²) in [6, 6.07) is 7.01. The van der Waals surface area contributed by atoms with Gasteiger partial charge in [-0.3, -0.25) is 14.5 Å². The highest BCUT2D eigenvalue weighted by molar-refractivity contribution is 5.92. The van der Waals surface area contributed by atoms with Crippen LogP contribution >= 0.6 is 0 Å². The minimum Gasteiger partial charge on any atom is -0.355 e. The topological polar surface area (TPSA) is 116 Å². The molecule has 0 radical (unpaired) electrons. The molecule has 142 valence electrons. The third kappa shape index (κ3) is 3.27. The van der Waals surface area contributed by atoms with Gasteiger partial charge in [0, 0.05) is 32.1 Å². The maximum atomic E-state index is 12.6. The summed E-state index contributed by atoms with van der Waals surface area (Å²) in [5.41, 5.74) is 2.48. The van der Waals surface area contributed by atoms with Crippen LogP contribution in [-0.2, 0) is 13.6 Å². The van der Waals surface area contributed by atoms with E-state index in [0.717, 1.165) is 11.3 Å². The first-order valence-corrected chi connectivity index (χ1v) is 8.48. The van der Waals surface area contributed by atoms with E-state index in [-0.39, 0.29) is 18.1 Å². The molecule has 0 aliphatic heterocycles. The lowest BCUT2D eigenvalue weighted by Gasteiger charge is -2.12. The fraction of sp³-hybridized carbons (Fsp3) is 0.222. The zero-order valence-electron chi connectivity index (χ0n) is 15.5. The molecule has 4 rings (SSSR count). The number of pyridine rings is 1. The Hall–Kier alpha value is -3.82. The van der Waals surface area contributed by atoms with Gasteiger partial charge >= 0.3 is 0 Å². The van der Waals surface area contributed by atoms with Crippen molar-refractivity contribution < 1.29 is 13.8 Å². The number of nitrogens with zero attached hydrogens (tertiary/aromatic N) is 7. The molecule has 0 bridgehead atoms. The average molecular weight is 379 g/mol. The summed E-state index contributed by atoms with van der Waals surface area (Å²) < 4.78 is 12.3. The Bertz CT molecular complexity index is 1110. The van der Waals surface area contributed by atoms with Gasteiger partial charge in [-0.15, -0.1) is 0 Å². The van der Waals surface area contributed by atoms with Crippen LogP contribution in [0.25, 0.3) is 22.8 Å². The normalized spacial score (nSPS) is 11.0. The van der Waals surface area contributed by atoms with E-state index in [9.17, 15) is 4.79 Å².